The van der Waals surface area contributed by atoms with Gasteiger partial charge in [-0.1, -0.05) is 61.0 Å². The summed E-state index contributed by atoms with van der Waals surface area (Å²) in [5.74, 6) is 0. The van der Waals surface area contributed by atoms with Gasteiger partial charge in [-0.15, -0.1) is 0 Å². The van der Waals surface area contributed by atoms with Crippen LogP contribution in [-0.2, 0) is 12.1 Å². The summed E-state index contributed by atoms with van der Waals surface area (Å²) < 4.78 is 0. The van der Waals surface area contributed by atoms with Crippen LogP contribution >= 0.6 is 11.6 Å². The summed E-state index contributed by atoms with van der Waals surface area (Å²) in [5, 5.41) is 6.02. The van der Waals surface area contributed by atoms with E-state index in [2.05, 4.69) is 64.3 Å². The molecule has 2 aliphatic rings. The maximum Gasteiger partial charge on any atom is 0.0603 e. The molecule has 1 atom stereocenters. The van der Waals surface area contributed by atoms with E-state index in [-0.39, 0.29) is 5.54 Å². The Labute approximate surface area is 168 Å². The summed E-state index contributed by atoms with van der Waals surface area (Å²) in [5.41, 5.74) is 2.81. The topological polar surface area (TPSA) is 9.72 Å². The van der Waals surface area contributed by atoms with Crippen molar-refractivity contribution in [3.63, 3.8) is 0 Å². The van der Waals surface area contributed by atoms with Crippen LogP contribution in [0.3, 0.4) is 0 Å². The van der Waals surface area contributed by atoms with Crippen molar-refractivity contribution in [1.82, 2.24) is 14.9 Å². The smallest absolute Gasteiger partial charge is 0.0603 e. The molecule has 0 saturated carbocycles. The van der Waals surface area contributed by atoms with E-state index in [1.807, 2.05) is 12.1 Å². The summed E-state index contributed by atoms with van der Waals surface area (Å²) in [6.45, 7) is 9.01. The molecule has 0 spiro atoms. The minimum Gasteiger partial charge on any atom is -0.287 e. The van der Waals surface area contributed by atoms with Crippen molar-refractivity contribution in [3.05, 3.63) is 70.7 Å². The summed E-state index contributed by atoms with van der Waals surface area (Å²) in [6.07, 6.45) is 3.76. The molecule has 2 saturated heterocycles. The van der Waals surface area contributed by atoms with Gasteiger partial charge in [0, 0.05) is 44.3 Å². The molecule has 4 rings (SSSR count). The van der Waals surface area contributed by atoms with Crippen molar-refractivity contribution in [1.29, 1.82) is 0 Å². The SMILES string of the molecule is CCC1(c2ccccc2)CN(N2CCCC2)CCN1Cc1ccc(Cl)cc1. The van der Waals surface area contributed by atoms with Gasteiger partial charge in [-0.2, -0.15) is 0 Å². The van der Waals surface area contributed by atoms with Gasteiger partial charge in [-0.3, -0.25) is 4.90 Å². The van der Waals surface area contributed by atoms with Gasteiger partial charge >= 0.3 is 0 Å². The molecule has 3 nitrogen and oxygen atoms in total. The lowest BCUT2D eigenvalue weighted by molar-refractivity contribution is -0.108. The van der Waals surface area contributed by atoms with Gasteiger partial charge in [0.1, 0.15) is 0 Å². The quantitative estimate of drug-likeness (QED) is 0.736. The standard InChI is InChI=1S/C23H30ClN3/c1-2-23(21-8-4-3-5-9-21)19-27(26-14-6-7-15-26)17-16-25(23)18-20-10-12-22(24)13-11-20/h3-5,8-13H,2,6-7,14-19H2,1H3. The molecule has 2 heterocycles. The van der Waals surface area contributed by atoms with Crippen LogP contribution in [0.15, 0.2) is 54.6 Å². The Morgan fingerprint density at radius 1 is 0.852 bits per heavy atom. The number of nitrogens with zero attached hydrogens (tertiary/aromatic N) is 3. The Bertz CT molecular complexity index is 727. The molecule has 144 valence electrons. The van der Waals surface area contributed by atoms with Crippen molar-refractivity contribution in [2.45, 2.75) is 38.3 Å². The van der Waals surface area contributed by atoms with E-state index in [0.29, 0.717) is 0 Å². The molecule has 2 aromatic carbocycles. The van der Waals surface area contributed by atoms with Crippen LogP contribution in [0.2, 0.25) is 5.02 Å². The van der Waals surface area contributed by atoms with Gasteiger partial charge < -0.3 is 0 Å². The lowest BCUT2D eigenvalue weighted by atomic mass is 9.83. The fourth-order valence-corrected chi connectivity index (χ4v) is 4.88. The lowest BCUT2D eigenvalue weighted by Gasteiger charge is -2.53. The van der Waals surface area contributed by atoms with E-state index in [0.717, 1.165) is 37.6 Å². The zero-order chi connectivity index (χ0) is 18.7. The second-order valence-electron chi connectivity index (χ2n) is 7.85. The molecule has 0 aliphatic carbocycles. The number of hydrogen-bond acceptors (Lipinski definition) is 3. The van der Waals surface area contributed by atoms with E-state index in [4.69, 9.17) is 11.6 Å². The minimum atomic E-state index is 0.0434. The lowest BCUT2D eigenvalue weighted by Crippen LogP contribution is -2.62. The van der Waals surface area contributed by atoms with Crippen molar-refractivity contribution in [2.24, 2.45) is 0 Å². The molecule has 27 heavy (non-hydrogen) atoms. The highest BCUT2D eigenvalue weighted by Crippen LogP contribution is 2.38. The van der Waals surface area contributed by atoms with Crippen LogP contribution in [0.4, 0.5) is 0 Å². The zero-order valence-electron chi connectivity index (χ0n) is 16.3. The molecular weight excluding hydrogens is 354 g/mol. The molecule has 0 radical (unpaired) electrons. The van der Waals surface area contributed by atoms with Crippen molar-refractivity contribution in [3.8, 4) is 0 Å². The number of piperazine rings is 1. The van der Waals surface area contributed by atoms with Gasteiger partial charge in [0.05, 0.1) is 5.54 Å². The van der Waals surface area contributed by atoms with Crippen LogP contribution in [0, 0.1) is 0 Å². The molecule has 2 aliphatic heterocycles. The predicted octanol–water partition coefficient (Wildman–Crippen LogP) is 4.77. The summed E-state index contributed by atoms with van der Waals surface area (Å²) >= 11 is 6.10. The normalized spacial score (nSPS) is 25.1. The highest BCUT2D eigenvalue weighted by atomic mass is 35.5. The highest BCUT2D eigenvalue weighted by Gasteiger charge is 2.43. The summed E-state index contributed by atoms with van der Waals surface area (Å²) in [7, 11) is 0. The molecule has 0 aromatic heterocycles. The number of hydrazine groups is 1. The molecule has 0 bridgehead atoms. The van der Waals surface area contributed by atoms with E-state index in [1.165, 1.54) is 37.1 Å². The largest absolute Gasteiger partial charge is 0.287 e. The number of rotatable bonds is 5. The van der Waals surface area contributed by atoms with Gasteiger partial charge in [0.15, 0.2) is 0 Å². The Morgan fingerprint density at radius 2 is 1.56 bits per heavy atom. The molecule has 1 unspecified atom stereocenters. The van der Waals surface area contributed by atoms with Crippen LogP contribution < -0.4 is 0 Å². The average Bonchev–Trinajstić information content (AvgIpc) is 3.26. The van der Waals surface area contributed by atoms with E-state index in [9.17, 15) is 0 Å². The molecule has 0 N–H and O–H groups in total. The Morgan fingerprint density at radius 3 is 2.22 bits per heavy atom. The van der Waals surface area contributed by atoms with E-state index in [1.54, 1.807) is 0 Å². The second kappa shape index (κ2) is 8.32. The zero-order valence-corrected chi connectivity index (χ0v) is 17.0. The molecular formula is C23H30ClN3. The number of halogens is 1. The first-order valence-corrected chi connectivity index (χ1v) is 10.6. The maximum atomic E-state index is 6.10. The fraction of sp³-hybridized carbons (Fsp3) is 0.478. The van der Waals surface area contributed by atoms with Gasteiger partial charge in [0.2, 0.25) is 0 Å². The molecule has 0 amide bonds. The Kier molecular flexibility index (Phi) is 5.84. The third-order valence-corrected chi connectivity index (χ3v) is 6.59. The Balaban J connectivity index is 1.64. The van der Waals surface area contributed by atoms with Crippen LogP contribution in [0.5, 0.6) is 0 Å². The average molecular weight is 384 g/mol. The van der Waals surface area contributed by atoms with Crippen LogP contribution in [0.25, 0.3) is 0 Å². The number of benzene rings is 2. The van der Waals surface area contributed by atoms with Crippen LogP contribution in [0.1, 0.15) is 37.3 Å². The van der Waals surface area contributed by atoms with Crippen molar-refractivity contribution in [2.75, 3.05) is 32.7 Å². The molecule has 4 heteroatoms. The van der Waals surface area contributed by atoms with E-state index < -0.39 is 0 Å². The maximum absolute atomic E-state index is 6.10. The first kappa shape index (κ1) is 18.9. The number of hydrogen-bond donors (Lipinski definition) is 0. The van der Waals surface area contributed by atoms with Gasteiger partial charge in [-0.05, 0) is 42.5 Å². The minimum absolute atomic E-state index is 0.0434. The Hall–Kier alpha value is -1.39. The first-order chi connectivity index (χ1) is 13.2. The predicted molar refractivity (Wildman–Crippen MR) is 113 cm³/mol. The van der Waals surface area contributed by atoms with Gasteiger partial charge in [0.25, 0.3) is 0 Å². The third kappa shape index (κ3) is 3.93. The van der Waals surface area contributed by atoms with Crippen molar-refractivity contribution >= 4 is 11.6 Å². The fourth-order valence-electron chi connectivity index (χ4n) is 4.76. The monoisotopic (exact) mass is 383 g/mol. The van der Waals surface area contributed by atoms with Gasteiger partial charge in [-0.25, -0.2) is 10.0 Å². The van der Waals surface area contributed by atoms with Crippen molar-refractivity contribution < 1.29 is 0 Å². The first-order valence-electron chi connectivity index (χ1n) is 10.3. The summed E-state index contributed by atoms with van der Waals surface area (Å²) in [6, 6.07) is 19.5. The summed E-state index contributed by atoms with van der Waals surface area (Å²) in [4.78, 5) is 2.69. The van der Waals surface area contributed by atoms with E-state index >= 15 is 0 Å². The van der Waals surface area contributed by atoms with Crippen LogP contribution in [-0.4, -0.2) is 47.6 Å². The highest BCUT2D eigenvalue weighted by molar-refractivity contribution is 6.30. The third-order valence-electron chi connectivity index (χ3n) is 6.34. The molecule has 2 fully saturated rings. The molecule has 2 aromatic rings. The second-order valence-corrected chi connectivity index (χ2v) is 8.28.